The maximum absolute atomic E-state index is 14.0. The van der Waals surface area contributed by atoms with E-state index in [2.05, 4.69) is 36.8 Å². The number of benzene rings is 2. The van der Waals surface area contributed by atoms with Crippen molar-refractivity contribution in [2.45, 2.75) is 6.92 Å². The molecule has 1 N–H and O–H groups in total. The molecular weight excluding hydrogens is 408 g/mol. The van der Waals surface area contributed by atoms with Gasteiger partial charge in [-0.1, -0.05) is 15.9 Å². The largest absolute Gasteiger partial charge is 0.322 e. The van der Waals surface area contributed by atoms with E-state index >= 15 is 0 Å². The summed E-state index contributed by atoms with van der Waals surface area (Å²) in [5, 5.41) is 13.5. The first-order valence-corrected chi connectivity index (χ1v) is 8.22. The summed E-state index contributed by atoms with van der Waals surface area (Å²) in [5.41, 5.74) is 0.714. The number of aromatic nitrogens is 4. The molecule has 0 spiro atoms. The SMILES string of the molecule is Cc1nnnn1-c1cc(NC(=O)/C=C/c2cc(Br)ccc2F)ccc1F. The molecule has 0 fully saturated rings. The van der Waals surface area contributed by atoms with E-state index < -0.39 is 17.5 Å². The molecule has 0 atom stereocenters. The molecule has 0 saturated carbocycles. The zero-order chi connectivity index (χ0) is 18.7. The molecule has 0 unspecified atom stereocenters. The van der Waals surface area contributed by atoms with Gasteiger partial charge in [0.1, 0.15) is 17.3 Å². The van der Waals surface area contributed by atoms with Crippen LogP contribution in [0.4, 0.5) is 14.5 Å². The fourth-order valence-electron chi connectivity index (χ4n) is 2.20. The van der Waals surface area contributed by atoms with Gasteiger partial charge in [-0.15, -0.1) is 5.10 Å². The van der Waals surface area contributed by atoms with Crippen molar-refractivity contribution in [1.82, 2.24) is 20.2 Å². The quantitative estimate of drug-likeness (QED) is 0.654. The lowest BCUT2D eigenvalue weighted by atomic mass is 10.2. The number of tetrazole rings is 1. The Morgan fingerprint density at radius 1 is 1.19 bits per heavy atom. The highest BCUT2D eigenvalue weighted by Crippen LogP contribution is 2.19. The predicted molar refractivity (Wildman–Crippen MR) is 95.6 cm³/mol. The molecule has 0 aliphatic rings. The number of amides is 1. The number of carbonyl (C=O) groups excluding carboxylic acids is 1. The Balaban J connectivity index is 1.79. The summed E-state index contributed by atoms with van der Waals surface area (Å²) in [6.07, 6.45) is 2.54. The van der Waals surface area contributed by atoms with E-state index in [1.807, 2.05) is 0 Å². The van der Waals surface area contributed by atoms with Gasteiger partial charge in [0.25, 0.3) is 0 Å². The normalized spacial score (nSPS) is 11.1. The van der Waals surface area contributed by atoms with E-state index in [0.717, 1.165) is 0 Å². The van der Waals surface area contributed by atoms with Gasteiger partial charge in [-0.2, -0.15) is 4.68 Å². The second kappa shape index (κ2) is 7.52. The van der Waals surface area contributed by atoms with Gasteiger partial charge < -0.3 is 5.32 Å². The Morgan fingerprint density at radius 2 is 1.96 bits per heavy atom. The fourth-order valence-corrected chi connectivity index (χ4v) is 2.58. The van der Waals surface area contributed by atoms with Crippen molar-refractivity contribution in [2.24, 2.45) is 0 Å². The zero-order valence-corrected chi connectivity index (χ0v) is 15.0. The van der Waals surface area contributed by atoms with Crippen molar-refractivity contribution >= 4 is 33.6 Å². The number of carbonyl (C=O) groups is 1. The first-order chi connectivity index (χ1) is 12.4. The molecule has 3 aromatic rings. The molecule has 3 rings (SSSR count). The number of halogens is 3. The Labute approximate surface area is 155 Å². The molecule has 1 heterocycles. The van der Waals surface area contributed by atoms with Gasteiger partial charge in [0.05, 0.1) is 0 Å². The Morgan fingerprint density at radius 3 is 2.69 bits per heavy atom. The summed E-state index contributed by atoms with van der Waals surface area (Å²) < 4.78 is 29.6. The van der Waals surface area contributed by atoms with Gasteiger partial charge in [0.2, 0.25) is 5.91 Å². The highest BCUT2D eigenvalue weighted by Gasteiger charge is 2.11. The topological polar surface area (TPSA) is 72.7 Å². The highest BCUT2D eigenvalue weighted by atomic mass is 79.9. The monoisotopic (exact) mass is 419 g/mol. The lowest BCUT2D eigenvalue weighted by Gasteiger charge is -2.07. The lowest BCUT2D eigenvalue weighted by Crippen LogP contribution is -2.09. The van der Waals surface area contributed by atoms with Crippen LogP contribution in [-0.4, -0.2) is 26.1 Å². The maximum atomic E-state index is 14.0. The van der Waals surface area contributed by atoms with Crippen LogP contribution in [0.3, 0.4) is 0 Å². The van der Waals surface area contributed by atoms with Gasteiger partial charge >= 0.3 is 0 Å². The van der Waals surface area contributed by atoms with Gasteiger partial charge in [-0.25, -0.2) is 8.78 Å². The zero-order valence-electron chi connectivity index (χ0n) is 13.4. The molecule has 1 amide bonds. The second-order valence-electron chi connectivity index (χ2n) is 5.29. The Kier molecular flexibility index (Phi) is 5.17. The summed E-state index contributed by atoms with van der Waals surface area (Å²) in [6, 6.07) is 8.42. The average Bonchev–Trinajstić information content (AvgIpc) is 3.03. The first kappa shape index (κ1) is 17.9. The number of rotatable bonds is 4. The number of anilines is 1. The van der Waals surface area contributed by atoms with E-state index in [4.69, 9.17) is 0 Å². The maximum Gasteiger partial charge on any atom is 0.248 e. The van der Waals surface area contributed by atoms with Crippen LogP contribution in [0, 0.1) is 18.6 Å². The number of hydrogen-bond donors (Lipinski definition) is 1. The number of aryl methyl sites for hydroxylation is 1. The smallest absolute Gasteiger partial charge is 0.248 e. The summed E-state index contributed by atoms with van der Waals surface area (Å²) in [5.74, 6) is -1.08. The highest BCUT2D eigenvalue weighted by molar-refractivity contribution is 9.10. The summed E-state index contributed by atoms with van der Waals surface area (Å²) >= 11 is 3.24. The predicted octanol–water partition coefficient (Wildman–Crippen LogP) is 3.66. The van der Waals surface area contributed by atoms with Crippen LogP contribution in [0.25, 0.3) is 11.8 Å². The van der Waals surface area contributed by atoms with Crippen molar-refractivity contribution in [3.63, 3.8) is 0 Å². The van der Waals surface area contributed by atoms with Crippen molar-refractivity contribution < 1.29 is 13.6 Å². The fraction of sp³-hybridized carbons (Fsp3) is 0.0588. The van der Waals surface area contributed by atoms with E-state index in [1.165, 1.54) is 41.1 Å². The molecule has 2 aromatic carbocycles. The summed E-state index contributed by atoms with van der Waals surface area (Å²) in [4.78, 5) is 12.1. The van der Waals surface area contributed by atoms with Gasteiger partial charge in [-0.3, -0.25) is 4.79 Å². The Bertz CT molecular complexity index is 1000. The lowest BCUT2D eigenvalue weighted by molar-refractivity contribution is -0.111. The first-order valence-electron chi connectivity index (χ1n) is 7.43. The van der Waals surface area contributed by atoms with Crippen LogP contribution < -0.4 is 5.32 Å². The number of nitrogens with one attached hydrogen (secondary N) is 1. The second-order valence-corrected chi connectivity index (χ2v) is 6.21. The molecule has 1 aromatic heterocycles. The molecule has 132 valence electrons. The summed E-state index contributed by atoms with van der Waals surface area (Å²) in [7, 11) is 0. The third kappa shape index (κ3) is 3.99. The van der Waals surface area contributed by atoms with Crippen molar-refractivity contribution in [3.8, 4) is 5.69 Å². The van der Waals surface area contributed by atoms with Crippen LogP contribution in [0.1, 0.15) is 11.4 Å². The van der Waals surface area contributed by atoms with Crippen LogP contribution in [0.5, 0.6) is 0 Å². The Hall–Kier alpha value is -2.94. The van der Waals surface area contributed by atoms with Crippen molar-refractivity contribution in [1.29, 1.82) is 0 Å². The van der Waals surface area contributed by atoms with Crippen LogP contribution in [0.15, 0.2) is 46.9 Å². The minimum Gasteiger partial charge on any atom is -0.322 e. The third-order valence-electron chi connectivity index (χ3n) is 3.44. The molecule has 0 aliphatic carbocycles. The van der Waals surface area contributed by atoms with E-state index in [0.29, 0.717) is 16.0 Å². The summed E-state index contributed by atoms with van der Waals surface area (Å²) in [6.45, 7) is 1.62. The average molecular weight is 420 g/mol. The van der Waals surface area contributed by atoms with Gasteiger partial charge in [0, 0.05) is 21.8 Å². The van der Waals surface area contributed by atoms with E-state index in [-0.39, 0.29) is 11.3 Å². The molecule has 0 radical (unpaired) electrons. The number of hydrogen-bond acceptors (Lipinski definition) is 4. The number of nitrogens with zero attached hydrogens (tertiary/aromatic N) is 4. The van der Waals surface area contributed by atoms with E-state index in [1.54, 1.807) is 19.1 Å². The minimum atomic E-state index is -0.537. The van der Waals surface area contributed by atoms with Crippen LogP contribution in [0.2, 0.25) is 0 Å². The molecule has 26 heavy (non-hydrogen) atoms. The molecule has 9 heteroatoms. The molecular formula is C17H12BrF2N5O. The van der Waals surface area contributed by atoms with Crippen molar-refractivity contribution in [2.75, 3.05) is 5.32 Å². The molecule has 0 bridgehead atoms. The minimum absolute atomic E-state index is 0.104. The van der Waals surface area contributed by atoms with Crippen LogP contribution in [-0.2, 0) is 4.79 Å². The van der Waals surface area contributed by atoms with Crippen molar-refractivity contribution in [3.05, 3.63) is 70.0 Å². The van der Waals surface area contributed by atoms with Gasteiger partial charge in [-0.05, 0) is 59.8 Å². The third-order valence-corrected chi connectivity index (χ3v) is 3.93. The molecule has 6 nitrogen and oxygen atoms in total. The standard InChI is InChI=1S/C17H12BrF2N5O/c1-10-22-23-24-25(10)16-9-13(4-6-15(16)20)21-17(26)7-2-11-8-12(18)3-5-14(11)19/h2-9H,1H3,(H,21,26)/b7-2+. The van der Waals surface area contributed by atoms with Gasteiger partial charge in [0.15, 0.2) is 5.82 Å². The van der Waals surface area contributed by atoms with Crippen LogP contribution >= 0.6 is 15.9 Å². The van der Waals surface area contributed by atoms with E-state index in [9.17, 15) is 13.6 Å². The molecule has 0 aliphatic heterocycles. The molecule has 0 saturated heterocycles.